The summed E-state index contributed by atoms with van der Waals surface area (Å²) in [6.45, 7) is 10.2. The van der Waals surface area contributed by atoms with E-state index in [-0.39, 0.29) is 11.9 Å². The SMILES string of the molecule is CCCC.Cc1cc(N2CCN(C(C(=O)N(C)C)c3ccccc3)CC2)cc(OCC2CC2)c1C#N. The van der Waals surface area contributed by atoms with Crippen LogP contribution in [0.4, 0.5) is 5.69 Å². The number of carbonyl (C=O) groups is 1. The molecule has 1 aliphatic carbocycles. The van der Waals surface area contributed by atoms with Crippen LogP contribution in [-0.2, 0) is 4.79 Å². The predicted octanol–water partition coefficient (Wildman–Crippen LogP) is 5.41. The third-order valence-electron chi connectivity index (χ3n) is 6.90. The lowest BCUT2D eigenvalue weighted by molar-refractivity contribution is -0.134. The molecule has 1 saturated heterocycles. The number of nitriles is 1. The third kappa shape index (κ3) is 7.24. The number of benzene rings is 2. The van der Waals surface area contributed by atoms with E-state index in [1.165, 1.54) is 25.7 Å². The van der Waals surface area contributed by atoms with Crippen LogP contribution in [-0.4, -0.2) is 62.6 Å². The number of carbonyl (C=O) groups excluding carboxylic acids is 1. The van der Waals surface area contributed by atoms with Gasteiger partial charge in [-0.3, -0.25) is 9.69 Å². The summed E-state index contributed by atoms with van der Waals surface area (Å²) in [4.78, 5) is 19.3. The fourth-order valence-corrected chi connectivity index (χ4v) is 4.30. The first-order valence-electron chi connectivity index (χ1n) is 13.3. The van der Waals surface area contributed by atoms with Crippen molar-refractivity contribution in [1.82, 2.24) is 9.80 Å². The molecule has 0 bridgehead atoms. The number of aryl methyl sites for hydroxylation is 1. The van der Waals surface area contributed by atoms with Crippen LogP contribution in [0.3, 0.4) is 0 Å². The summed E-state index contributed by atoms with van der Waals surface area (Å²) in [5.74, 6) is 1.44. The van der Waals surface area contributed by atoms with Crippen molar-refractivity contribution in [3.63, 3.8) is 0 Å². The molecule has 1 heterocycles. The zero-order valence-electron chi connectivity index (χ0n) is 22.7. The van der Waals surface area contributed by atoms with Crippen molar-refractivity contribution in [3.8, 4) is 11.8 Å². The number of ether oxygens (including phenoxy) is 1. The molecule has 0 spiro atoms. The van der Waals surface area contributed by atoms with Crippen LogP contribution in [0.1, 0.15) is 62.3 Å². The van der Waals surface area contributed by atoms with Crippen molar-refractivity contribution < 1.29 is 9.53 Å². The van der Waals surface area contributed by atoms with E-state index in [1.54, 1.807) is 4.90 Å². The van der Waals surface area contributed by atoms with E-state index < -0.39 is 0 Å². The number of amides is 1. The Kier molecular flexibility index (Phi) is 10.2. The van der Waals surface area contributed by atoms with Gasteiger partial charge in [0.25, 0.3) is 0 Å². The van der Waals surface area contributed by atoms with Gasteiger partial charge in [0, 0.05) is 52.0 Å². The zero-order valence-corrected chi connectivity index (χ0v) is 22.7. The molecule has 1 atom stereocenters. The predicted molar refractivity (Wildman–Crippen MR) is 146 cm³/mol. The van der Waals surface area contributed by atoms with Crippen LogP contribution in [0.25, 0.3) is 0 Å². The molecule has 1 unspecified atom stereocenters. The minimum atomic E-state index is -0.270. The molecule has 2 aliphatic rings. The van der Waals surface area contributed by atoms with Gasteiger partial charge in [-0.05, 0) is 42.9 Å². The summed E-state index contributed by atoms with van der Waals surface area (Å²) in [5.41, 5.74) is 3.70. The van der Waals surface area contributed by atoms with Crippen LogP contribution in [0.2, 0.25) is 0 Å². The minimum Gasteiger partial charge on any atom is -0.492 e. The van der Waals surface area contributed by atoms with Gasteiger partial charge in [0.05, 0.1) is 12.2 Å². The van der Waals surface area contributed by atoms with Crippen molar-refractivity contribution in [2.45, 2.75) is 52.5 Å². The highest BCUT2D eigenvalue weighted by molar-refractivity contribution is 5.83. The van der Waals surface area contributed by atoms with Crippen molar-refractivity contribution in [2.24, 2.45) is 5.92 Å². The first kappa shape index (κ1) is 27.5. The van der Waals surface area contributed by atoms with Crippen LogP contribution in [0, 0.1) is 24.2 Å². The molecular formula is C30H42N4O2. The second-order valence-corrected chi connectivity index (χ2v) is 10.1. The minimum absolute atomic E-state index is 0.106. The van der Waals surface area contributed by atoms with Gasteiger partial charge in [-0.25, -0.2) is 0 Å². The van der Waals surface area contributed by atoms with Gasteiger partial charge in [0.15, 0.2) is 0 Å². The van der Waals surface area contributed by atoms with Gasteiger partial charge in [-0.1, -0.05) is 57.0 Å². The maximum atomic E-state index is 13.0. The Balaban J connectivity index is 0.000000840. The number of nitrogens with zero attached hydrogens (tertiary/aromatic N) is 4. The van der Waals surface area contributed by atoms with Crippen LogP contribution >= 0.6 is 0 Å². The van der Waals surface area contributed by atoms with Gasteiger partial charge in [-0.15, -0.1) is 0 Å². The lowest BCUT2D eigenvalue weighted by Gasteiger charge is -2.40. The number of rotatable bonds is 8. The number of hydrogen-bond donors (Lipinski definition) is 0. The van der Waals surface area contributed by atoms with E-state index in [0.29, 0.717) is 23.8 Å². The molecule has 2 aromatic rings. The standard InChI is InChI=1S/C26H32N4O2.C4H10/c1-19-15-22(16-24(23(19)17-27)32-18-20-9-10-20)29-11-13-30(14-12-29)25(26(31)28(2)3)21-7-5-4-6-8-21;1-3-4-2/h4-8,15-16,20,25H,9-14,18H2,1-3H3;3-4H2,1-2H3. The lowest BCUT2D eigenvalue weighted by atomic mass is 10.0. The van der Waals surface area contributed by atoms with Crippen molar-refractivity contribution >= 4 is 11.6 Å². The first-order valence-corrected chi connectivity index (χ1v) is 13.3. The van der Waals surface area contributed by atoms with Crippen LogP contribution in [0.15, 0.2) is 42.5 Å². The summed E-state index contributed by atoms with van der Waals surface area (Å²) in [6, 6.07) is 16.2. The molecule has 2 aromatic carbocycles. The molecule has 0 aromatic heterocycles. The zero-order chi connectivity index (χ0) is 26.1. The van der Waals surface area contributed by atoms with E-state index in [9.17, 15) is 10.1 Å². The molecule has 1 aliphatic heterocycles. The third-order valence-corrected chi connectivity index (χ3v) is 6.90. The Morgan fingerprint density at radius 2 is 1.72 bits per heavy atom. The average Bonchev–Trinajstić information content (AvgIpc) is 3.73. The Bertz CT molecular complexity index is 1020. The number of anilines is 1. The molecule has 0 radical (unpaired) electrons. The maximum absolute atomic E-state index is 13.0. The Morgan fingerprint density at radius 3 is 2.25 bits per heavy atom. The second-order valence-electron chi connectivity index (χ2n) is 10.1. The highest BCUT2D eigenvalue weighted by atomic mass is 16.5. The Morgan fingerprint density at radius 1 is 1.08 bits per heavy atom. The summed E-state index contributed by atoms with van der Waals surface area (Å²) < 4.78 is 6.03. The molecule has 4 rings (SSSR count). The molecule has 6 nitrogen and oxygen atoms in total. The van der Waals surface area contributed by atoms with Crippen molar-refractivity contribution in [3.05, 3.63) is 59.2 Å². The fourth-order valence-electron chi connectivity index (χ4n) is 4.30. The second kappa shape index (κ2) is 13.3. The Hall–Kier alpha value is -3.04. The maximum Gasteiger partial charge on any atom is 0.244 e. The number of hydrogen-bond acceptors (Lipinski definition) is 5. The van der Waals surface area contributed by atoms with E-state index in [0.717, 1.165) is 43.0 Å². The average molecular weight is 491 g/mol. The van der Waals surface area contributed by atoms with Crippen LogP contribution < -0.4 is 9.64 Å². The summed E-state index contributed by atoms with van der Waals surface area (Å²) in [5, 5.41) is 9.60. The largest absolute Gasteiger partial charge is 0.492 e. The molecular weight excluding hydrogens is 448 g/mol. The topological polar surface area (TPSA) is 59.8 Å². The highest BCUT2D eigenvalue weighted by Crippen LogP contribution is 2.34. The molecule has 6 heteroatoms. The quantitative estimate of drug-likeness (QED) is 0.495. The normalized spacial score (nSPS) is 16.4. The van der Waals surface area contributed by atoms with Crippen molar-refractivity contribution in [1.29, 1.82) is 5.26 Å². The smallest absolute Gasteiger partial charge is 0.244 e. The fraction of sp³-hybridized carbons (Fsp3) is 0.533. The summed E-state index contributed by atoms with van der Waals surface area (Å²) in [7, 11) is 3.63. The molecule has 2 fully saturated rings. The summed E-state index contributed by atoms with van der Waals surface area (Å²) >= 11 is 0. The summed E-state index contributed by atoms with van der Waals surface area (Å²) in [6.07, 6.45) is 5.08. The van der Waals surface area contributed by atoms with Gasteiger partial charge < -0.3 is 14.5 Å². The van der Waals surface area contributed by atoms with Crippen LogP contribution in [0.5, 0.6) is 5.75 Å². The Labute approximate surface area is 217 Å². The lowest BCUT2D eigenvalue weighted by Crippen LogP contribution is -2.51. The molecule has 1 saturated carbocycles. The van der Waals surface area contributed by atoms with E-state index in [4.69, 9.17) is 4.74 Å². The van der Waals surface area contributed by atoms with E-state index >= 15 is 0 Å². The first-order chi connectivity index (χ1) is 17.4. The van der Waals surface area contributed by atoms with Gasteiger partial charge in [-0.2, -0.15) is 5.26 Å². The molecule has 194 valence electrons. The monoisotopic (exact) mass is 490 g/mol. The van der Waals surface area contributed by atoms with Gasteiger partial charge >= 0.3 is 0 Å². The van der Waals surface area contributed by atoms with Gasteiger partial charge in [0.2, 0.25) is 5.91 Å². The molecule has 1 amide bonds. The molecule has 36 heavy (non-hydrogen) atoms. The van der Waals surface area contributed by atoms with E-state index in [1.807, 2.05) is 57.4 Å². The molecule has 0 N–H and O–H groups in total. The highest BCUT2D eigenvalue weighted by Gasteiger charge is 2.32. The number of unbranched alkanes of at least 4 members (excludes halogenated alkanes) is 1. The number of piperazine rings is 1. The van der Waals surface area contributed by atoms with Crippen molar-refractivity contribution in [2.75, 3.05) is 51.8 Å². The number of likely N-dealkylation sites (N-methyl/N-ethyl adjacent to an activating group) is 1. The van der Waals surface area contributed by atoms with Gasteiger partial charge in [0.1, 0.15) is 17.9 Å². The van der Waals surface area contributed by atoms with E-state index in [2.05, 4.69) is 35.8 Å².